The second kappa shape index (κ2) is 5.17. The molecule has 2 aliphatic heterocycles. The molecule has 0 N–H and O–H groups in total. The smallest absolute Gasteiger partial charge is 0.253 e. The molecule has 4 heteroatoms. The first-order chi connectivity index (χ1) is 8.74. The monoisotopic (exact) mass is 356 g/mol. The Bertz CT molecular complexity index is 463. The lowest BCUT2D eigenvalue weighted by atomic mass is 10.1. The van der Waals surface area contributed by atoms with Gasteiger partial charge in [-0.2, -0.15) is 0 Å². The molecule has 0 radical (unpaired) electrons. The zero-order valence-corrected chi connectivity index (χ0v) is 12.5. The lowest BCUT2D eigenvalue weighted by molar-refractivity contribution is 0.0571. The zero-order chi connectivity index (χ0) is 12.5. The van der Waals surface area contributed by atoms with Crippen LogP contribution >= 0.6 is 22.6 Å². The van der Waals surface area contributed by atoms with Crippen molar-refractivity contribution in [3.05, 3.63) is 33.4 Å². The molecule has 0 aromatic heterocycles. The molecule has 18 heavy (non-hydrogen) atoms. The van der Waals surface area contributed by atoms with E-state index in [4.69, 9.17) is 0 Å². The van der Waals surface area contributed by atoms with E-state index in [2.05, 4.69) is 27.5 Å². The van der Waals surface area contributed by atoms with Crippen LogP contribution in [0.15, 0.2) is 24.3 Å². The van der Waals surface area contributed by atoms with Gasteiger partial charge in [0.2, 0.25) is 0 Å². The average molecular weight is 356 g/mol. The first-order valence-corrected chi connectivity index (χ1v) is 7.61. The maximum Gasteiger partial charge on any atom is 0.253 e. The Balaban J connectivity index is 1.73. The summed E-state index contributed by atoms with van der Waals surface area (Å²) in [6.07, 6.45) is 2.53. The second-order valence-corrected chi connectivity index (χ2v) is 6.34. The first kappa shape index (κ1) is 12.4. The number of carbonyl (C=O) groups excluding carboxylic acids is 1. The van der Waals surface area contributed by atoms with Crippen LogP contribution in [0.3, 0.4) is 0 Å². The van der Waals surface area contributed by atoms with Gasteiger partial charge in [-0.1, -0.05) is 6.07 Å². The summed E-state index contributed by atoms with van der Waals surface area (Å²) < 4.78 is 1.12. The molecule has 1 unspecified atom stereocenters. The number of hydrogen-bond acceptors (Lipinski definition) is 2. The molecule has 96 valence electrons. The summed E-state index contributed by atoms with van der Waals surface area (Å²) in [5, 5.41) is 0. The van der Waals surface area contributed by atoms with Gasteiger partial charge in [-0.25, -0.2) is 0 Å². The zero-order valence-electron chi connectivity index (χ0n) is 10.3. The normalized spacial score (nSPS) is 24.1. The molecule has 1 aromatic rings. The molecule has 3 nitrogen and oxygen atoms in total. The van der Waals surface area contributed by atoms with Crippen molar-refractivity contribution in [3.63, 3.8) is 0 Å². The Kier molecular flexibility index (Phi) is 3.56. The highest BCUT2D eigenvalue weighted by atomic mass is 127. The topological polar surface area (TPSA) is 23.6 Å². The molecule has 2 fully saturated rings. The predicted octanol–water partition coefficient (Wildman–Crippen LogP) is 2.21. The number of rotatable bonds is 1. The number of amides is 1. The lowest BCUT2D eigenvalue weighted by Crippen LogP contribution is -2.52. The van der Waals surface area contributed by atoms with Gasteiger partial charge in [0.25, 0.3) is 5.91 Å². The van der Waals surface area contributed by atoms with E-state index in [1.807, 2.05) is 29.2 Å². The predicted molar refractivity (Wildman–Crippen MR) is 79.7 cm³/mol. The van der Waals surface area contributed by atoms with Gasteiger partial charge >= 0.3 is 0 Å². The van der Waals surface area contributed by atoms with E-state index in [1.54, 1.807) is 0 Å². The summed E-state index contributed by atoms with van der Waals surface area (Å²) in [6.45, 7) is 4.04. The molecular formula is C14H17IN2O. The molecule has 0 saturated carbocycles. The molecule has 1 atom stereocenters. The maximum atomic E-state index is 12.4. The Hall–Kier alpha value is -0.620. The summed E-state index contributed by atoms with van der Waals surface area (Å²) >= 11 is 2.26. The van der Waals surface area contributed by atoms with Crippen LogP contribution in [0, 0.1) is 3.57 Å². The third kappa shape index (κ3) is 2.40. The fraction of sp³-hybridized carbons (Fsp3) is 0.500. The van der Waals surface area contributed by atoms with Gasteiger partial charge in [0.05, 0.1) is 0 Å². The second-order valence-electron chi connectivity index (χ2n) is 5.09. The Morgan fingerprint density at radius 2 is 2.17 bits per heavy atom. The molecule has 2 aliphatic rings. The van der Waals surface area contributed by atoms with Crippen molar-refractivity contribution in [1.29, 1.82) is 0 Å². The Morgan fingerprint density at radius 3 is 3.00 bits per heavy atom. The van der Waals surface area contributed by atoms with Crippen LogP contribution in [0.5, 0.6) is 0 Å². The van der Waals surface area contributed by atoms with Crippen molar-refractivity contribution < 1.29 is 4.79 Å². The van der Waals surface area contributed by atoms with Gasteiger partial charge in [0.1, 0.15) is 0 Å². The summed E-state index contributed by atoms with van der Waals surface area (Å²) in [4.78, 5) is 17.0. The molecule has 3 rings (SSSR count). The largest absolute Gasteiger partial charge is 0.336 e. The highest BCUT2D eigenvalue weighted by molar-refractivity contribution is 14.1. The van der Waals surface area contributed by atoms with Crippen LogP contribution in [0.1, 0.15) is 23.2 Å². The number of nitrogens with zero attached hydrogens (tertiary/aromatic N) is 2. The fourth-order valence-corrected chi connectivity index (χ4v) is 3.52. The van der Waals surface area contributed by atoms with Gasteiger partial charge in [-0.3, -0.25) is 9.69 Å². The van der Waals surface area contributed by atoms with E-state index < -0.39 is 0 Å². The summed E-state index contributed by atoms with van der Waals surface area (Å²) in [5.74, 6) is 0.195. The standard InChI is InChI=1S/C14H17IN2O/c15-12-4-1-3-11(9-12)14(18)17-8-7-16-6-2-5-13(16)10-17/h1,3-4,9,13H,2,5-8,10H2. The van der Waals surface area contributed by atoms with Crippen LogP contribution in [0.2, 0.25) is 0 Å². The van der Waals surface area contributed by atoms with E-state index in [1.165, 1.54) is 19.4 Å². The van der Waals surface area contributed by atoms with Crippen LogP contribution < -0.4 is 0 Å². The van der Waals surface area contributed by atoms with Crippen LogP contribution in [-0.4, -0.2) is 47.9 Å². The van der Waals surface area contributed by atoms with E-state index in [-0.39, 0.29) is 5.91 Å². The van der Waals surface area contributed by atoms with Gasteiger partial charge in [-0.05, 0) is 60.2 Å². The van der Waals surface area contributed by atoms with E-state index in [0.29, 0.717) is 6.04 Å². The quantitative estimate of drug-likeness (QED) is 0.721. The van der Waals surface area contributed by atoms with Gasteiger partial charge in [-0.15, -0.1) is 0 Å². The first-order valence-electron chi connectivity index (χ1n) is 6.53. The molecule has 1 aromatic carbocycles. The van der Waals surface area contributed by atoms with Crippen molar-refractivity contribution in [1.82, 2.24) is 9.80 Å². The van der Waals surface area contributed by atoms with Crippen molar-refractivity contribution >= 4 is 28.5 Å². The summed E-state index contributed by atoms with van der Waals surface area (Å²) in [7, 11) is 0. The molecule has 0 bridgehead atoms. The molecular weight excluding hydrogens is 339 g/mol. The average Bonchev–Trinajstić information content (AvgIpc) is 2.85. The Morgan fingerprint density at radius 1 is 1.28 bits per heavy atom. The molecule has 2 heterocycles. The SMILES string of the molecule is O=C(c1cccc(I)c1)N1CCN2CCCC2C1. The number of piperazine rings is 1. The number of hydrogen-bond donors (Lipinski definition) is 0. The van der Waals surface area contributed by atoms with Gasteiger partial charge in [0, 0.05) is 34.8 Å². The van der Waals surface area contributed by atoms with Crippen molar-refractivity contribution in [2.45, 2.75) is 18.9 Å². The minimum atomic E-state index is 0.195. The third-order valence-electron chi connectivity index (χ3n) is 3.95. The van der Waals surface area contributed by atoms with Gasteiger partial charge in [0.15, 0.2) is 0 Å². The number of fused-ring (bicyclic) bond motifs is 1. The Labute approximate surface area is 121 Å². The molecule has 2 saturated heterocycles. The van der Waals surface area contributed by atoms with Crippen molar-refractivity contribution in [3.8, 4) is 0 Å². The van der Waals surface area contributed by atoms with Gasteiger partial charge < -0.3 is 4.90 Å². The van der Waals surface area contributed by atoms with Crippen LogP contribution in [-0.2, 0) is 0 Å². The lowest BCUT2D eigenvalue weighted by Gasteiger charge is -2.37. The van der Waals surface area contributed by atoms with E-state index >= 15 is 0 Å². The van der Waals surface area contributed by atoms with Crippen molar-refractivity contribution in [2.24, 2.45) is 0 Å². The van der Waals surface area contributed by atoms with E-state index in [0.717, 1.165) is 28.8 Å². The number of benzene rings is 1. The van der Waals surface area contributed by atoms with Crippen molar-refractivity contribution in [2.75, 3.05) is 26.2 Å². The summed E-state index contributed by atoms with van der Waals surface area (Å²) in [5.41, 5.74) is 0.827. The third-order valence-corrected chi connectivity index (χ3v) is 4.62. The minimum absolute atomic E-state index is 0.195. The highest BCUT2D eigenvalue weighted by Gasteiger charge is 2.32. The molecule has 0 spiro atoms. The number of carbonyl (C=O) groups is 1. The highest BCUT2D eigenvalue weighted by Crippen LogP contribution is 2.22. The molecule has 0 aliphatic carbocycles. The maximum absolute atomic E-state index is 12.4. The fourth-order valence-electron chi connectivity index (χ4n) is 2.98. The van der Waals surface area contributed by atoms with E-state index in [9.17, 15) is 4.79 Å². The minimum Gasteiger partial charge on any atom is -0.336 e. The van der Waals surface area contributed by atoms with Crippen LogP contribution in [0.25, 0.3) is 0 Å². The molecule has 1 amide bonds. The van der Waals surface area contributed by atoms with Crippen LogP contribution in [0.4, 0.5) is 0 Å². The number of halogens is 1. The summed E-state index contributed by atoms with van der Waals surface area (Å²) in [6, 6.07) is 8.48.